The summed E-state index contributed by atoms with van der Waals surface area (Å²) < 4.78 is 57.4. The average Bonchev–Trinajstić information content (AvgIpc) is 2.67. The Morgan fingerprint density at radius 1 is 1.04 bits per heavy atom. The number of ether oxygens (including phenoxy) is 3. The molecule has 0 atom stereocenters. The molecule has 0 aliphatic carbocycles. The van der Waals surface area contributed by atoms with Gasteiger partial charge in [0.25, 0.3) is 0 Å². The van der Waals surface area contributed by atoms with E-state index < -0.39 is 17.3 Å². The Labute approximate surface area is 157 Å². The molecule has 1 saturated heterocycles. The molecule has 0 N–H and O–H groups in total. The Bertz CT molecular complexity index is 733. The van der Waals surface area contributed by atoms with Crippen molar-refractivity contribution in [3.63, 3.8) is 0 Å². The van der Waals surface area contributed by atoms with Gasteiger partial charge in [-0.2, -0.15) is 13.2 Å². The van der Waals surface area contributed by atoms with E-state index in [1.807, 2.05) is 37.3 Å². The zero-order chi connectivity index (χ0) is 19.3. The van der Waals surface area contributed by atoms with Crippen molar-refractivity contribution in [2.45, 2.75) is 38.1 Å². The molecule has 1 aliphatic rings. The molecule has 0 bridgehead atoms. The van der Waals surface area contributed by atoms with Crippen molar-refractivity contribution < 1.29 is 27.4 Å². The van der Waals surface area contributed by atoms with Gasteiger partial charge in [0, 0.05) is 32.7 Å². The highest BCUT2D eigenvalue weighted by Crippen LogP contribution is 2.41. The topological polar surface area (TPSA) is 27.7 Å². The molecule has 0 unspecified atom stereocenters. The predicted octanol–water partition coefficient (Wildman–Crippen LogP) is 5.33. The third kappa shape index (κ3) is 4.82. The lowest BCUT2D eigenvalue weighted by Crippen LogP contribution is -2.37. The predicted molar refractivity (Wildman–Crippen MR) is 95.6 cm³/mol. The van der Waals surface area contributed by atoms with Crippen LogP contribution in [-0.4, -0.2) is 19.8 Å². The Kier molecular flexibility index (Phi) is 6.07. The van der Waals surface area contributed by atoms with Gasteiger partial charge in [-0.1, -0.05) is 30.3 Å². The first kappa shape index (κ1) is 19.7. The second-order valence-electron chi connectivity index (χ2n) is 6.56. The quantitative estimate of drug-likeness (QED) is 0.678. The van der Waals surface area contributed by atoms with Crippen LogP contribution in [0, 0.1) is 0 Å². The molecule has 6 heteroatoms. The zero-order valence-corrected chi connectivity index (χ0v) is 15.2. The van der Waals surface area contributed by atoms with Crippen molar-refractivity contribution in [1.29, 1.82) is 0 Å². The zero-order valence-electron chi connectivity index (χ0n) is 15.2. The molecule has 0 amide bonds. The number of rotatable bonds is 6. The van der Waals surface area contributed by atoms with Crippen LogP contribution < -0.4 is 4.74 Å². The van der Waals surface area contributed by atoms with Crippen molar-refractivity contribution in [3.8, 4) is 5.75 Å². The largest absolute Gasteiger partial charge is 0.489 e. The molecule has 0 radical (unpaired) electrons. The lowest BCUT2D eigenvalue weighted by molar-refractivity contribution is -0.138. The summed E-state index contributed by atoms with van der Waals surface area (Å²) in [4.78, 5) is 0. The van der Waals surface area contributed by atoms with Crippen molar-refractivity contribution in [3.05, 3.63) is 65.2 Å². The Balaban J connectivity index is 1.94. The fraction of sp³-hybridized carbons (Fsp3) is 0.429. The van der Waals surface area contributed by atoms with E-state index in [2.05, 4.69) is 0 Å². The highest BCUT2D eigenvalue weighted by Gasteiger charge is 2.39. The van der Waals surface area contributed by atoms with Gasteiger partial charge in [-0.05, 0) is 36.2 Å². The van der Waals surface area contributed by atoms with Gasteiger partial charge in [0.15, 0.2) is 0 Å². The third-order valence-electron chi connectivity index (χ3n) is 4.73. The molecular formula is C21H23F3O3. The van der Waals surface area contributed by atoms with E-state index in [9.17, 15) is 13.2 Å². The van der Waals surface area contributed by atoms with E-state index in [4.69, 9.17) is 14.2 Å². The maximum absolute atomic E-state index is 13.5. The minimum atomic E-state index is -4.46. The van der Waals surface area contributed by atoms with Gasteiger partial charge in [0.05, 0.1) is 11.2 Å². The van der Waals surface area contributed by atoms with Gasteiger partial charge >= 0.3 is 6.18 Å². The fourth-order valence-electron chi connectivity index (χ4n) is 3.34. The van der Waals surface area contributed by atoms with Crippen molar-refractivity contribution in [2.75, 3.05) is 19.8 Å². The summed E-state index contributed by atoms with van der Waals surface area (Å²) in [6, 6.07) is 13.2. The minimum absolute atomic E-state index is 0.189. The molecule has 1 heterocycles. The van der Waals surface area contributed by atoms with Gasteiger partial charge < -0.3 is 14.2 Å². The maximum atomic E-state index is 13.5. The van der Waals surface area contributed by atoms with E-state index >= 15 is 0 Å². The average molecular weight is 380 g/mol. The molecule has 27 heavy (non-hydrogen) atoms. The highest BCUT2D eigenvalue weighted by atomic mass is 19.4. The molecule has 0 spiro atoms. The van der Waals surface area contributed by atoms with Crippen LogP contribution in [0.1, 0.15) is 36.5 Å². The summed E-state index contributed by atoms with van der Waals surface area (Å²) >= 11 is 0. The second-order valence-corrected chi connectivity index (χ2v) is 6.56. The Hall–Kier alpha value is -2.05. The van der Waals surface area contributed by atoms with Crippen molar-refractivity contribution >= 4 is 0 Å². The second kappa shape index (κ2) is 8.31. The van der Waals surface area contributed by atoms with Gasteiger partial charge in [0.2, 0.25) is 0 Å². The molecule has 3 nitrogen and oxygen atoms in total. The molecule has 146 valence electrons. The SMILES string of the molecule is CCOC1(c2cc(OCc3ccccc3)cc(C(F)(F)F)c2)CCOCC1. The molecule has 2 aromatic carbocycles. The van der Waals surface area contributed by atoms with Crippen LogP contribution in [0.3, 0.4) is 0 Å². The molecule has 3 rings (SSSR count). The first-order chi connectivity index (χ1) is 12.9. The third-order valence-corrected chi connectivity index (χ3v) is 4.73. The van der Waals surface area contributed by atoms with E-state index in [1.54, 1.807) is 6.07 Å². The first-order valence-electron chi connectivity index (χ1n) is 9.04. The summed E-state index contributed by atoms with van der Waals surface area (Å²) in [5.74, 6) is 0.189. The van der Waals surface area contributed by atoms with Gasteiger partial charge in [-0.3, -0.25) is 0 Å². The van der Waals surface area contributed by atoms with Crippen molar-refractivity contribution in [1.82, 2.24) is 0 Å². The number of halogens is 3. The van der Waals surface area contributed by atoms with Crippen LogP contribution in [0.5, 0.6) is 5.75 Å². The maximum Gasteiger partial charge on any atom is 0.416 e. The van der Waals surface area contributed by atoms with Gasteiger partial charge in [0.1, 0.15) is 12.4 Å². The monoisotopic (exact) mass is 380 g/mol. The highest BCUT2D eigenvalue weighted by molar-refractivity contribution is 5.39. The summed E-state index contributed by atoms with van der Waals surface area (Å²) in [7, 11) is 0. The summed E-state index contributed by atoms with van der Waals surface area (Å²) in [5, 5.41) is 0. The number of hydrogen-bond acceptors (Lipinski definition) is 3. The fourth-order valence-corrected chi connectivity index (χ4v) is 3.34. The molecule has 2 aromatic rings. The number of benzene rings is 2. The van der Waals surface area contributed by atoms with Gasteiger partial charge in [-0.25, -0.2) is 0 Å². The summed E-state index contributed by atoms with van der Waals surface area (Å²) in [5.41, 5.74) is -0.125. The number of hydrogen-bond donors (Lipinski definition) is 0. The summed E-state index contributed by atoms with van der Waals surface area (Å²) in [6.45, 7) is 3.37. The molecule has 0 aromatic heterocycles. The van der Waals surface area contributed by atoms with Crippen molar-refractivity contribution in [2.24, 2.45) is 0 Å². The van der Waals surface area contributed by atoms with Crippen LogP contribution in [-0.2, 0) is 27.9 Å². The van der Waals surface area contributed by atoms with E-state index in [1.165, 1.54) is 6.07 Å². The molecule has 1 aliphatic heterocycles. The van der Waals surface area contributed by atoms with Crippen LogP contribution in [0.15, 0.2) is 48.5 Å². The Morgan fingerprint density at radius 3 is 2.37 bits per heavy atom. The van der Waals surface area contributed by atoms with Crippen LogP contribution >= 0.6 is 0 Å². The minimum Gasteiger partial charge on any atom is -0.489 e. The normalized spacial score (nSPS) is 16.9. The van der Waals surface area contributed by atoms with E-state index in [0.29, 0.717) is 38.2 Å². The molecular weight excluding hydrogens is 357 g/mol. The van der Waals surface area contributed by atoms with Gasteiger partial charge in [-0.15, -0.1) is 0 Å². The summed E-state index contributed by atoms with van der Waals surface area (Å²) in [6.07, 6.45) is -3.43. The number of alkyl halides is 3. The van der Waals surface area contributed by atoms with Crippen LogP contribution in [0.25, 0.3) is 0 Å². The van der Waals surface area contributed by atoms with Crippen LogP contribution in [0.4, 0.5) is 13.2 Å². The van der Waals surface area contributed by atoms with Crippen LogP contribution in [0.2, 0.25) is 0 Å². The first-order valence-corrected chi connectivity index (χ1v) is 9.04. The molecule has 0 saturated carbocycles. The van der Waals surface area contributed by atoms with E-state index in [0.717, 1.165) is 11.6 Å². The lowest BCUT2D eigenvalue weighted by Gasteiger charge is -2.38. The molecule has 1 fully saturated rings. The Morgan fingerprint density at radius 2 is 1.74 bits per heavy atom. The standard InChI is InChI=1S/C21H23F3O3/c1-2-27-20(8-10-25-11-9-20)17-12-18(21(22,23)24)14-19(13-17)26-15-16-6-4-3-5-7-16/h3-7,12-14H,2,8-11,15H2,1H3. The smallest absolute Gasteiger partial charge is 0.416 e. The van der Waals surface area contributed by atoms with E-state index in [-0.39, 0.29) is 12.4 Å². The lowest BCUT2D eigenvalue weighted by atomic mass is 9.85.